The fraction of sp³-hybridized carbons (Fsp3) is 0.133. The standard InChI is InChI=1S/C30H26N4O2/c1-2-34-30(36)29(32-25-17-9-16-24-23(25)15-10-20-31-24)27(28(33-34)22-13-7-4-8-14-22)26(35)19-18-21-11-5-3-6-12-21/h3-17,20,32H,2,18-19H2,1H3. The van der Waals surface area contributed by atoms with E-state index in [0.717, 1.165) is 22.0 Å². The second-order valence-electron chi connectivity index (χ2n) is 8.49. The molecule has 0 atom stereocenters. The lowest BCUT2D eigenvalue weighted by Crippen LogP contribution is -2.28. The number of benzene rings is 3. The van der Waals surface area contributed by atoms with Crippen LogP contribution in [0.5, 0.6) is 0 Å². The molecule has 0 radical (unpaired) electrons. The summed E-state index contributed by atoms with van der Waals surface area (Å²) in [4.78, 5) is 31.8. The van der Waals surface area contributed by atoms with Gasteiger partial charge in [0.05, 0.1) is 11.1 Å². The maximum absolute atomic E-state index is 13.8. The van der Waals surface area contributed by atoms with Gasteiger partial charge in [0.15, 0.2) is 5.78 Å². The predicted octanol–water partition coefficient (Wildman–Crippen LogP) is 6.04. The zero-order chi connectivity index (χ0) is 24.9. The van der Waals surface area contributed by atoms with E-state index in [2.05, 4.69) is 15.4 Å². The van der Waals surface area contributed by atoms with Crippen LogP contribution in [-0.4, -0.2) is 20.5 Å². The van der Waals surface area contributed by atoms with Crippen molar-refractivity contribution in [1.29, 1.82) is 0 Å². The molecular formula is C30H26N4O2. The van der Waals surface area contributed by atoms with Crippen LogP contribution in [0.25, 0.3) is 22.2 Å². The van der Waals surface area contributed by atoms with Gasteiger partial charge < -0.3 is 5.32 Å². The maximum Gasteiger partial charge on any atom is 0.291 e. The van der Waals surface area contributed by atoms with Gasteiger partial charge in [-0.05, 0) is 43.2 Å². The van der Waals surface area contributed by atoms with E-state index in [0.29, 0.717) is 29.9 Å². The van der Waals surface area contributed by atoms with Crippen LogP contribution >= 0.6 is 0 Å². The molecule has 0 bridgehead atoms. The smallest absolute Gasteiger partial charge is 0.291 e. The first-order chi connectivity index (χ1) is 17.7. The summed E-state index contributed by atoms with van der Waals surface area (Å²) in [5, 5.41) is 8.81. The van der Waals surface area contributed by atoms with Gasteiger partial charge in [0, 0.05) is 35.8 Å². The maximum atomic E-state index is 13.8. The Bertz CT molecular complexity index is 1570. The summed E-state index contributed by atoms with van der Waals surface area (Å²) in [6.45, 7) is 2.24. The van der Waals surface area contributed by atoms with Crippen LogP contribution in [0.2, 0.25) is 0 Å². The molecule has 5 rings (SSSR count). The number of anilines is 2. The number of hydrogen-bond acceptors (Lipinski definition) is 5. The molecule has 5 aromatic rings. The molecule has 178 valence electrons. The van der Waals surface area contributed by atoms with Crippen LogP contribution in [0, 0.1) is 0 Å². The number of pyridine rings is 1. The number of rotatable bonds is 8. The van der Waals surface area contributed by atoms with Crippen LogP contribution in [0.3, 0.4) is 0 Å². The summed E-state index contributed by atoms with van der Waals surface area (Å²) >= 11 is 0. The lowest BCUT2D eigenvalue weighted by molar-refractivity contribution is 0.0983. The molecule has 6 heteroatoms. The second kappa shape index (κ2) is 10.4. The van der Waals surface area contributed by atoms with Gasteiger partial charge in [-0.3, -0.25) is 14.6 Å². The molecule has 2 heterocycles. The lowest BCUT2D eigenvalue weighted by atomic mass is 9.97. The molecule has 6 nitrogen and oxygen atoms in total. The first kappa shape index (κ1) is 23.2. The van der Waals surface area contributed by atoms with Crippen molar-refractivity contribution in [1.82, 2.24) is 14.8 Å². The number of aromatic nitrogens is 3. The Labute approximate surface area is 209 Å². The van der Waals surface area contributed by atoms with Crippen LogP contribution in [0.1, 0.15) is 29.3 Å². The van der Waals surface area contributed by atoms with Crippen molar-refractivity contribution in [3.05, 3.63) is 119 Å². The number of ketones is 1. The molecule has 3 aromatic carbocycles. The van der Waals surface area contributed by atoms with Gasteiger partial charge in [-0.1, -0.05) is 66.7 Å². The summed E-state index contributed by atoms with van der Waals surface area (Å²) in [7, 11) is 0. The summed E-state index contributed by atoms with van der Waals surface area (Å²) < 4.78 is 1.40. The number of fused-ring (bicyclic) bond motifs is 1. The monoisotopic (exact) mass is 474 g/mol. The van der Waals surface area contributed by atoms with Crippen molar-refractivity contribution >= 4 is 28.1 Å². The largest absolute Gasteiger partial charge is 0.350 e. The molecule has 0 aliphatic heterocycles. The minimum atomic E-state index is -0.332. The minimum Gasteiger partial charge on any atom is -0.350 e. The van der Waals surface area contributed by atoms with E-state index < -0.39 is 0 Å². The summed E-state index contributed by atoms with van der Waals surface area (Å²) in [5.74, 6) is -0.133. The zero-order valence-corrected chi connectivity index (χ0v) is 20.0. The van der Waals surface area contributed by atoms with Crippen LogP contribution in [0.4, 0.5) is 11.4 Å². The number of aryl methyl sites for hydroxylation is 2. The number of hydrogen-bond donors (Lipinski definition) is 1. The Morgan fingerprint density at radius 3 is 2.39 bits per heavy atom. The van der Waals surface area contributed by atoms with E-state index in [-0.39, 0.29) is 23.5 Å². The highest BCUT2D eigenvalue weighted by Gasteiger charge is 2.24. The fourth-order valence-electron chi connectivity index (χ4n) is 4.34. The Morgan fingerprint density at radius 2 is 1.64 bits per heavy atom. The van der Waals surface area contributed by atoms with Crippen molar-refractivity contribution in [3.63, 3.8) is 0 Å². The van der Waals surface area contributed by atoms with Crippen molar-refractivity contribution in [2.24, 2.45) is 0 Å². The summed E-state index contributed by atoms with van der Waals surface area (Å²) in [6, 6.07) is 28.9. The van der Waals surface area contributed by atoms with E-state index in [4.69, 9.17) is 0 Å². The number of Topliss-reactive ketones (excluding diaryl/α,β-unsaturated/α-hetero) is 1. The SMILES string of the molecule is CCn1nc(-c2ccccc2)c(C(=O)CCc2ccccc2)c(Nc2cccc3ncccc23)c1=O. The highest BCUT2D eigenvalue weighted by molar-refractivity contribution is 6.07. The molecule has 2 aromatic heterocycles. The third kappa shape index (κ3) is 4.66. The van der Waals surface area contributed by atoms with Crippen LogP contribution in [0.15, 0.2) is 102 Å². The van der Waals surface area contributed by atoms with E-state index >= 15 is 0 Å². The van der Waals surface area contributed by atoms with Crippen molar-refractivity contribution in [2.45, 2.75) is 26.3 Å². The Balaban J connectivity index is 1.67. The number of nitrogens with zero attached hydrogens (tertiary/aromatic N) is 3. The predicted molar refractivity (Wildman–Crippen MR) is 144 cm³/mol. The normalized spacial score (nSPS) is 10.9. The lowest BCUT2D eigenvalue weighted by Gasteiger charge is -2.18. The number of nitrogens with one attached hydrogen (secondary N) is 1. The topological polar surface area (TPSA) is 76.9 Å². The van der Waals surface area contributed by atoms with Gasteiger partial charge >= 0.3 is 0 Å². The molecule has 0 saturated heterocycles. The summed E-state index contributed by atoms with van der Waals surface area (Å²) in [5.41, 5.74) is 4.07. The average Bonchev–Trinajstić information content (AvgIpc) is 2.94. The molecule has 0 unspecified atom stereocenters. The van der Waals surface area contributed by atoms with Gasteiger partial charge in [0.25, 0.3) is 5.56 Å². The average molecular weight is 475 g/mol. The minimum absolute atomic E-state index is 0.133. The Hall–Kier alpha value is -4.58. The molecule has 0 fully saturated rings. The van der Waals surface area contributed by atoms with Crippen LogP contribution < -0.4 is 10.9 Å². The van der Waals surface area contributed by atoms with E-state index in [9.17, 15) is 9.59 Å². The molecule has 0 amide bonds. The zero-order valence-electron chi connectivity index (χ0n) is 20.0. The Kier molecular flexibility index (Phi) is 6.67. The van der Waals surface area contributed by atoms with E-state index in [1.165, 1.54) is 4.68 Å². The highest BCUT2D eigenvalue weighted by atomic mass is 16.1. The third-order valence-corrected chi connectivity index (χ3v) is 6.17. The molecule has 0 spiro atoms. The van der Waals surface area contributed by atoms with Crippen molar-refractivity contribution < 1.29 is 4.79 Å². The van der Waals surface area contributed by atoms with Gasteiger partial charge in [-0.25, -0.2) is 4.68 Å². The molecule has 0 aliphatic carbocycles. The molecule has 36 heavy (non-hydrogen) atoms. The van der Waals surface area contributed by atoms with Crippen LogP contribution in [-0.2, 0) is 13.0 Å². The second-order valence-corrected chi connectivity index (χ2v) is 8.49. The van der Waals surface area contributed by atoms with Gasteiger partial charge in [0.2, 0.25) is 0 Å². The van der Waals surface area contributed by atoms with Gasteiger partial charge in [-0.15, -0.1) is 0 Å². The first-order valence-corrected chi connectivity index (χ1v) is 12.0. The van der Waals surface area contributed by atoms with Crippen molar-refractivity contribution in [3.8, 4) is 11.3 Å². The quantitative estimate of drug-likeness (QED) is 0.278. The van der Waals surface area contributed by atoms with E-state index in [1.54, 1.807) is 6.20 Å². The fourth-order valence-corrected chi connectivity index (χ4v) is 4.34. The summed E-state index contributed by atoms with van der Waals surface area (Å²) in [6.07, 6.45) is 2.56. The molecule has 0 aliphatic rings. The number of carbonyl (C=O) groups is 1. The Morgan fingerprint density at radius 1 is 0.889 bits per heavy atom. The number of carbonyl (C=O) groups excluding carboxylic acids is 1. The van der Waals surface area contributed by atoms with Gasteiger partial charge in [0.1, 0.15) is 11.4 Å². The van der Waals surface area contributed by atoms with Gasteiger partial charge in [-0.2, -0.15) is 5.10 Å². The molecule has 1 N–H and O–H groups in total. The highest BCUT2D eigenvalue weighted by Crippen LogP contribution is 2.31. The van der Waals surface area contributed by atoms with Crippen molar-refractivity contribution in [2.75, 3.05) is 5.32 Å². The third-order valence-electron chi connectivity index (χ3n) is 6.17. The molecular weight excluding hydrogens is 448 g/mol. The van der Waals surface area contributed by atoms with E-state index in [1.807, 2.05) is 97.9 Å². The molecule has 0 saturated carbocycles. The first-order valence-electron chi connectivity index (χ1n) is 12.0.